The largest absolute Gasteiger partial charge is 0.355 e. The standard InChI is InChI=1S/C14H14IN3O/c1-9-7-18(5-4-13(9)19)14-11-6-10(15)2-3-12(11)16-8-17-14/h2-3,6,8-9H,4-5,7H2,1H3. The zero-order chi connectivity index (χ0) is 13.4. The lowest BCUT2D eigenvalue weighted by molar-refractivity contribution is -0.122. The summed E-state index contributed by atoms with van der Waals surface area (Å²) in [4.78, 5) is 22.6. The highest BCUT2D eigenvalue weighted by Crippen LogP contribution is 2.27. The molecular formula is C14H14IN3O. The van der Waals surface area contributed by atoms with E-state index in [4.69, 9.17) is 0 Å². The minimum absolute atomic E-state index is 0.0848. The Bertz CT molecular complexity index is 644. The molecule has 2 heterocycles. The Morgan fingerprint density at radius 1 is 1.37 bits per heavy atom. The van der Waals surface area contributed by atoms with E-state index in [-0.39, 0.29) is 5.92 Å². The lowest BCUT2D eigenvalue weighted by atomic mass is 9.98. The third kappa shape index (κ3) is 2.43. The van der Waals surface area contributed by atoms with Crippen LogP contribution in [0, 0.1) is 9.49 Å². The van der Waals surface area contributed by atoms with Gasteiger partial charge in [0, 0.05) is 34.4 Å². The van der Waals surface area contributed by atoms with Gasteiger partial charge >= 0.3 is 0 Å². The van der Waals surface area contributed by atoms with Crippen LogP contribution in [0.3, 0.4) is 0 Å². The van der Waals surface area contributed by atoms with Crippen LogP contribution in [0.5, 0.6) is 0 Å². The van der Waals surface area contributed by atoms with Gasteiger partial charge in [-0.1, -0.05) is 6.92 Å². The summed E-state index contributed by atoms with van der Waals surface area (Å²) < 4.78 is 1.17. The maximum absolute atomic E-state index is 11.6. The van der Waals surface area contributed by atoms with Gasteiger partial charge in [0.2, 0.25) is 0 Å². The second kappa shape index (κ2) is 5.03. The summed E-state index contributed by atoms with van der Waals surface area (Å²) in [5.41, 5.74) is 0.954. The molecule has 0 spiro atoms. The topological polar surface area (TPSA) is 46.1 Å². The number of hydrogen-bond acceptors (Lipinski definition) is 4. The lowest BCUT2D eigenvalue weighted by Gasteiger charge is -2.31. The minimum atomic E-state index is 0.0848. The molecule has 5 heteroatoms. The monoisotopic (exact) mass is 367 g/mol. The number of piperidine rings is 1. The molecular weight excluding hydrogens is 353 g/mol. The number of carbonyl (C=O) groups is 1. The van der Waals surface area contributed by atoms with Gasteiger partial charge in [-0.3, -0.25) is 4.79 Å². The number of anilines is 1. The van der Waals surface area contributed by atoms with Gasteiger partial charge in [-0.2, -0.15) is 0 Å². The first kappa shape index (κ1) is 12.8. The van der Waals surface area contributed by atoms with Gasteiger partial charge < -0.3 is 4.90 Å². The fourth-order valence-corrected chi connectivity index (χ4v) is 2.97. The predicted octanol–water partition coefficient (Wildman–Crippen LogP) is 2.65. The molecule has 1 fully saturated rings. The normalized spacial score (nSPS) is 20.0. The Labute approximate surface area is 125 Å². The summed E-state index contributed by atoms with van der Waals surface area (Å²) in [5.74, 6) is 1.38. The molecule has 1 aromatic heterocycles. The van der Waals surface area contributed by atoms with Gasteiger partial charge in [0.05, 0.1) is 5.52 Å². The summed E-state index contributed by atoms with van der Waals surface area (Å²) in [6.07, 6.45) is 2.21. The number of nitrogens with zero attached hydrogens (tertiary/aromatic N) is 3. The highest BCUT2D eigenvalue weighted by atomic mass is 127. The van der Waals surface area contributed by atoms with Crippen molar-refractivity contribution in [3.05, 3.63) is 28.1 Å². The Hall–Kier alpha value is -1.24. The van der Waals surface area contributed by atoms with Gasteiger partial charge in [-0.15, -0.1) is 0 Å². The van der Waals surface area contributed by atoms with E-state index < -0.39 is 0 Å². The fraction of sp³-hybridized carbons (Fsp3) is 0.357. The van der Waals surface area contributed by atoms with Gasteiger partial charge in [0.25, 0.3) is 0 Å². The van der Waals surface area contributed by atoms with E-state index in [1.807, 2.05) is 19.1 Å². The van der Waals surface area contributed by atoms with Gasteiger partial charge in [0.15, 0.2) is 0 Å². The number of hydrogen-bond donors (Lipinski definition) is 0. The van der Waals surface area contributed by atoms with E-state index in [1.165, 1.54) is 3.57 Å². The number of Topliss-reactive ketones (excluding diaryl/α,β-unsaturated/α-hetero) is 1. The molecule has 0 bridgehead atoms. The van der Waals surface area contributed by atoms with Crippen LogP contribution in [0.25, 0.3) is 10.9 Å². The molecule has 1 aliphatic rings. The molecule has 0 amide bonds. The van der Waals surface area contributed by atoms with Crippen molar-refractivity contribution in [3.8, 4) is 0 Å². The predicted molar refractivity (Wildman–Crippen MR) is 83.3 cm³/mol. The molecule has 1 saturated heterocycles. The lowest BCUT2D eigenvalue weighted by Crippen LogP contribution is -2.40. The summed E-state index contributed by atoms with van der Waals surface area (Å²) in [6, 6.07) is 6.16. The molecule has 1 atom stereocenters. The van der Waals surface area contributed by atoms with Gasteiger partial charge in [0.1, 0.15) is 17.9 Å². The number of fused-ring (bicyclic) bond motifs is 1. The number of ketones is 1. The number of benzene rings is 1. The summed E-state index contributed by atoms with van der Waals surface area (Å²) in [5, 5.41) is 1.07. The third-order valence-corrected chi connectivity index (χ3v) is 4.22. The number of carbonyl (C=O) groups excluding carboxylic acids is 1. The van der Waals surface area contributed by atoms with E-state index in [0.717, 1.165) is 29.8 Å². The second-order valence-electron chi connectivity index (χ2n) is 4.92. The molecule has 3 rings (SSSR count). The molecule has 0 N–H and O–H groups in total. The van der Waals surface area contributed by atoms with Crippen LogP contribution in [0.1, 0.15) is 13.3 Å². The van der Waals surface area contributed by atoms with Crippen LogP contribution in [0.15, 0.2) is 24.5 Å². The molecule has 0 aliphatic carbocycles. The van der Waals surface area contributed by atoms with E-state index >= 15 is 0 Å². The SMILES string of the molecule is CC1CN(c2ncnc3ccc(I)cc23)CCC1=O. The first-order chi connectivity index (χ1) is 9.15. The van der Waals surface area contributed by atoms with E-state index in [0.29, 0.717) is 12.2 Å². The molecule has 0 radical (unpaired) electrons. The fourth-order valence-electron chi connectivity index (χ4n) is 2.47. The van der Waals surface area contributed by atoms with E-state index in [1.54, 1.807) is 6.33 Å². The van der Waals surface area contributed by atoms with E-state index in [2.05, 4.69) is 43.5 Å². The Balaban J connectivity index is 2.05. The number of aromatic nitrogens is 2. The van der Waals surface area contributed by atoms with E-state index in [9.17, 15) is 4.79 Å². The Kier molecular flexibility index (Phi) is 3.38. The van der Waals surface area contributed by atoms with Crippen molar-refractivity contribution in [2.75, 3.05) is 18.0 Å². The average molecular weight is 367 g/mol. The van der Waals surface area contributed by atoms with Crippen molar-refractivity contribution >= 4 is 45.1 Å². The smallest absolute Gasteiger partial charge is 0.139 e. The summed E-state index contributed by atoms with van der Waals surface area (Å²) in [7, 11) is 0. The summed E-state index contributed by atoms with van der Waals surface area (Å²) in [6.45, 7) is 3.48. The highest BCUT2D eigenvalue weighted by Gasteiger charge is 2.25. The molecule has 1 aromatic carbocycles. The van der Waals surface area contributed by atoms with Crippen LogP contribution in [0.2, 0.25) is 0 Å². The molecule has 0 saturated carbocycles. The number of rotatable bonds is 1. The summed E-state index contributed by atoms with van der Waals surface area (Å²) >= 11 is 2.29. The molecule has 98 valence electrons. The molecule has 1 unspecified atom stereocenters. The first-order valence-corrected chi connectivity index (χ1v) is 7.41. The van der Waals surface area contributed by atoms with Crippen molar-refractivity contribution in [3.63, 3.8) is 0 Å². The maximum atomic E-state index is 11.6. The van der Waals surface area contributed by atoms with Crippen molar-refractivity contribution in [1.82, 2.24) is 9.97 Å². The molecule has 1 aliphatic heterocycles. The number of halogens is 1. The Morgan fingerprint density at radius 2 is 2.21 bits per heavy atom. The highest BCUT2D eigenvalue weighted by molar-refractivity contribution is 14.1. The maximum Gasteiger partial charge on any atom is 0.139 e. The zero-order valence-electron chi connectivity index (χ0n) is 10.6. The van der Waals surface area contributed by atoms with Crippen LogP contribution in [0.4, 0.5) is 5.82 Å². The molecule has 4 nitrogen and oxygen atoms in total. The van der Waals surface area contributed by atoms with Crippen LogP contribution >= 0.6 is 22.6 Å². The average Bonchev–Trinajstić information content (AvgIpc) is 2.41. The van der Waals surface area contributed by atoms with Crippen molar-refractivity contribution in [1.29, 1.82) is 0 Å². The third-order valence-electron chi connectivity index (χ3n) is 3.55. The van der Waals surface area contributed by atoms with Crippen molar-refractivity contribution in [2.45, 2.75) is 13.3 Å². The first-order valence-electron chi connectivity index (χ1n) is 6.33. The minimum Gasteiger partial charge on any atom is -0.355 e. The van der Waals surface area contributed by atoms with Crippen LogP contribution in [-0.2, 0) is 4.79 Å². The van der Waals surface area contributed by atoms with Crippen LogP contribution in [-0.4, -0.2) is 28.8 Å². The quantitative estimate of drug-likeness (QED) is 0.728. The van der Waals surface area contributed by atoms with Crippen LogP contribution < -0.4 is 4.90 Å². The van der Waals surface area contributed by atoms with Crippen molar-refractivity contribution < 1.29 is 4.79 Å². The van der Waals surface area contributed by atoms with Gasteiger partial charge in [-0.25, -0.2) is 9.97 Å². The zero-order valence-corrected chi connectivity index (χ0v) is 12.8. The van der Waals surface area contributed by atoms with Crippen molar-refractivity contribution in [2.24, 2.45) is 5.92 Å². The molecule has 2 aromatic rings. The van der Waals surface area contributed by atoms with Gasteiger partial charge in [-0.05, 0) is 40.8 Å². The molecule has 19 heavy (non-hydrogen) atoms. The Morgan fingerprint density at radius 3 is 3.00 bits per heavy atom. The second-order valence-corrected chi connectivity index (χ2v) is 6.17.